The Labute approximate surface area is 111 Å². The average Bonchev–Trinajstić information content (AvgIpc) is 2.75. The number of nitrogens with zero attached hydrogens (tertiary/aromatic N) is 1. The smallest absolute Gasteiger partial charge is 0.176 e. The topological polar surface area (TPSA) is 50.1 Å². The van der Waals surface area contributed by atoms with Gasteiger partial charge in [0.05, 0.1) is 0 Å². The number of hydrogen-bond donors (Lipinski definition) is 2. The molecule has 0 atom stereocenters. The summed E-state index contributed by atoms with van der Waals surface area (Å²) in [7, 11) is 0. The fourth-order valence-corrected chi connectivity index (χ4v) is 1.75. The quantitative estimate of drug-likeness (QED) is 0.830. The zero-order valence-electron chi connectivity index (χ0n) is 10.4. The molecular weight excluding hydrogens is 246 g/mol. The first-order chi connectivity index (χ1) is 8.67. The second-order valence-electron chi connectivity index (χ2n) is 3.95. The molecule has 2 aromatic rings. The third-order valence-corrected chi connectivity index (χ3v) is 2.69. The molecule has 0 fully saturated rings. The van der Waals surface area contributed by atoms with Gasteiger partial charge in [0, 0.05) is 11.8 Å². The van der Waals surface area contributed by atoms with E-state index < -0.39 is 0 Å². The van der Waals surface area contributed by atoms with E-state index in [1.807, 2.05) is 19.1 Å². The van der Waals surface area contributed by atoms with E-state index in [-0.39, 0.29) is 0 Å². The number of anilines is 2. The largest absolute Gasteiger partial charge is 0.360 e. The van der Waals surface area contributed by atoms with E-state index >= 15 is 0 Å². The molecular formula is C13H15N3OS. The van der Waals surface area contributed by atoms with Crippen LogP contribution in [-0.4, -0.2) is 10.3 Å². The monoisotopic (exact) mass is 261 g/mol. The molecule has 0 aliphatic rings. The van der Waals surface area contributed by atoms with Crippen molar-refractivity contribution in [2.75, 3.05) is 10.6 Å². The summed E-state index contributed by atoms with van der Waals surface area (Å²) in [6.45, 7) is 3.96. The molecule has 4 nitrogen and oxygen atoms in total. The molecule has 0 radical (unpaired) electrons. The van der Waals surface area contributed by atoms with Gasteiger partial charge in [0.2, 0.25) is 0 Å². The highest BCUT2D eigenvalue weighted by molar-refractivity contribution is 7.80. The molecule has 18 heavy (non-hydrogen) atoms. The van der Waals surface area contributed by atoms with Crippen molar-refractivity contribution < 1.29 is 4.52 Å². The number of nitrogens with one attached hydrogen (secondary N) is 2. The molecule has 0 bridgehead atoms. The van der Waals surface area contributed by atoms with Crippen LogP contribution in [0, 0.1) is 6.92 Å². The van der Waals surface area contributed by atoms with Crippen LogP contribution < -0.4 is 10.6 Å². The minimum atomic E-state index is 0.493. The van der Waals surface area contributed by atoms with Crippen LogP contribution in [0.5, 0.6) is 0 Å². The Morgan fingerprint density at radius 3 is 2.56 bits per heavy atom. The van der Waals surface area contributed by atoms with Gasteiger partial charge in [-0.05, 0) is 43.3 Å². The van der Waals surface area contributed by atoms with Crippen LogP contribution in [0.3, 0.4) is 0 Å². The van der Waals surface area contributed by atoms with E-state index in [0.717, 1.165) is 17.9 Å². The first kappa shape index (κ1) is 12.6. The molecule has 0 aliphatic carbocycles. The molecule has 0 spiro atoms. The van der Waals surface area contributed by atoms with Gasteiger partial charge in [-0.3, -0.25) is 0 Å². The van der Waals surface area contributed by atoms with E-state index in [0.29, 0.717) is 10.9 Å². The minimum Gasteiger partial charge on any atom is -0.360 e. The van der Waals surface area contributed by atoms with E-state index in [2.05, 4.69) is 34.8 Å². The summed E-state index contributed by atoms with van der Waals surface area (Å²) < 4.78 is 4.95. The summed E-state index contributed by atoms with van der Waals surface area (Å²) in [5, 5.41) is 10.3. The van der Waals surface area contributed by atoms with Gasteiger partial charge in [0.25, 0.3) is 0 Å². The second kappa shape index (κ2) is 5.64. The Morgan fingerprint density at radius 1 is 1.28 bits per heavy atom. The van der Waals surface area contributed by atoms with Gasteiger partial charge in [-0.2, -0.15) is 0 Å². The van der Waals surface area contributed by atoms with Crippen LogP contribution >= 0.6 is 12.2 Å². The summed E-state index contributed by atoms with van der Waals surface area (Å²) >= 11 is 5.18. The summed E-state index contributed by atoms with van der Waals surface area (Å²) in [4.78, 5) is 0. The van der Waals surface area contributed by atoms with E-state index in [1.54, 1.807) is 6.07 Å². The molecule has 2 N–H and O–H groups in total. The molecule has 94 valence electrons. The van der Waals surface area contributed by atoms with Crippen LogP contribution in [0.15, 0.2) is 34.9 Å². The van der Waals surface area contributed by atoms with Crippen LogP contribution in [0.25, 0.3) is 0 Å². The maximum Gasteiger partial charge on any atom is 0.176 e. The van der Waals surface area contributed by atoms with Gasteiger partial charge in [-0.25, -0.2) is 0 Å². The van der Waals surface area contributed by atoms with Crippen LogP contribution in [0.1, 0.15) is 18.2 Å². The van der Waals surface area contributed by atoms with Gasteiger partial charge in [0.15, 0.2) is 10.9 Å². The zero-order valence-corrected chi connectivity index (χ0v) is 11.2. The summed E-state index contributed by atoms with van der Waals surface area (Å²) in [6.07, 6.45) is 1.03. The Bertz CT molecular complexity index is 533. The fourth-order valence-electron chi connectivity index (χ4n) is 1.53. The minimum absolute atomic E-state index is 0.493. The van der Waals surface area contributed by atoms with Gasteiger partial charge < -0.3 is 15.2 Å². The molecule has 1 heterocycles. The summed E-state index contributed by atoms with van der Waals surface area (Å²) in [5.41, 5.74) is 2.25. The molecule has 5 heteroatoms. The highest BCUT2D eigenvalue weighted by atomic mass is 32.1. The van der Waals surface area contributed by atoms with Crippen molar-refractivity contribution in [1.29, 1.82) is 0 Å². The van der Waals surface area contributed by atoms with Crippen LogP contribution in [0.4, 0.5) is 11.5 Å². The molecule has 0 amide bonds. The number of benzene rings is 1. The normalized spacial score (nSPS) is 10.1. The number of hydrogen-bond acceptors (Lipinski definition) is 3. The molecule has 0 saturated carbocycles. The van der Waals surface area contributed by atoms with Gasteiger partial charge >= 0.3 is 0 Å². The first-order valence-corrected chi connectivity index (χ1v) is 6.18. The van der Waals surface area contributed by atoms with Crippen LogP contribution in [0.2, 0.25) is 0 Å². The van der Waals surface area contributed by atoms with Crippen molar-refractivity contribution in [3.8, 4) is 0 Å². The Hall–Kier alpha value is -1.88. The van der Waals surface area contributed by atoms with Crippen molar-refractivity contribution in [2.24, 2.45) is 0 Å². The second-order valence-corrected chi connectivity index (χ2v) is 4.36. The first-order valence-electron chi connectivity index (χ1n) is 5.77. The summed E-state index contributed by atoms with van der Waals surface area (Å²) in [5.74, 6) is 1.35. The molecule has 0 unspecified atom stereocenters. The Morgan fingerprint density at radius 2 is 2.00 bits per heavy atom. The maximum absolute atomic E-state index is 5.18. The Kier molecular flexibility index (Phi) is 3.94. The van der Waals surface area contributed by atoms with Crippen molar-refractivity contribution in [3.05, 3.63) is 41.7 Å². The molecule has 0 saturated heterocycles. The predicted octanol–water partition coefficient (Wildman–Crippen LogP) is 3.35. The highest BCUT2D eigenvalue weighted by Crippen LogP contribution is 2.11. The molecule has 1 aromatic carbocycles. The van der Waals surface area contributed by atoms with E-state index in [1.165, 1.54) is 5.56 Å². The third-order valence-electron chi connectivity index (χ3n) is 2.49. The van der Waals surface area contributed by atoms with Gasteiger partial charge in [0.1, 0.15) is 5.76 Å². The predicted molar refractivity (Wildman–Crippen MR) is 76.9 cm³/mol. The number of aryl methyl sites for hydroxylation is 2. The lowest BCUT2D eigenvalue weighted by molar-refractivity contribution is 0.400. The maximum atomic E-state index is 5.18. The zero-order chi connectivity index (χ0) is 13.0. The summed E-state index contributed by atoms with van der Waals surface area (Å²) in [6, 6.07) is 9.94. The average molecular weight is 261 g/mol. The van der Waals surface area contributed by atoms with E-state index in [9.17, 15) is 0 Å². The van der Waals surface area contributed by atoms with Crippen molar-refractivity contribution in [1.82, 2.24) is 5.16 Å². The van der Waals surface area contributed by atoms with Crippen molar-refractivity contribution in [2.45, 2.75) is 20.3 Å². The van der Waals surface area contributed by atoms with Gasteiger partial charge in [-0.1, -0.05) is 24.2 Å². The Balaban J connectivity index is 1.94. The van der Waals surface area contributed by atoms with Gasteiger partial charge in [-0.15, -0.1) is 0 Å². The lowest BCUT2D eigenvalue weighted by Gasteiger charge is -2.08. The van der Waals surface area contributed by atoms with Crippen molar-refractivity contribution in [3.63, 3.8) is 0 Å². The SMILES string of the molecule is CCc1ccc(NC(=S)Nc2cc(C)on2)cc1. The number of aromatic nitrogens is 1. The number of rotatable bonds is 3. The molecule has 1 aromatic heterocycles. The molecule has 2 rings (SSSR count). The molecule has 0 aliphatic heterocycles. The highest BCUT2D eigenvalue weighted by Gasteiger charge is 2.03. The van der Waals surface area contributed by atoms with Crippen LogP contribution in [-0.2, 0) is 6.42 Å². The van der Waals surface area contributed by atoms with E-state index in [4.69, 9.17) is 16.7 Å². The number of thiocarbonyl (C=S) groups is 1. The lowest BCUT2D eigenvalue weighted by atomic mass is 10.1. The standard InChI is InChI=1S/C13H15N3OS/c1-3-10-4-6-11(7-5-10)14-13(18)15-12-8-9(2)17-16-12/h4-8H,3H2,1-2H3,(H2,14,15,16,18). The third kappa shape index (κ3) is 3.30. The van der Waals surface area contributed by atoms with Crippen molar-refractivity contribution >= 4 is 28.8 Å². The lowest BCUT2D eigenvalue weighted by Crippen LogP contribution is -2.19. The fraction of sp³-hybridized carbons (Fsp3) is 0.231.